The lowest BCUT2D eigenvalue weighted by atomic mass is 9.74. The number of fused-ring (bicyclic) bond motifs is 1. The van der Waals surface area contributed by atoms with E-state index in [-0.39, 0.29) is 24.2 Å². The standard InChI is InChI=1S/C26H35BN2O5/c1-18(2)14-24(27(32)33)28-26(31)21(15-19-8-5-4-6-9-19)16-25(30)29-13-12-22-20(17-29)10-7-11-23(22)34-3/h4-11,18,21,24,32-33H,12-17H2,1-3H3,(H,28,31)/t21-,24+/m1/s1. The van der Waals surface area contributed by atoms with Crippen molar-refractivity contribution in [3.05, 3.63) is 65.2 Å². The van der Waals surface area contributed by atoms with Crippen LogP contribution in [-0.2, 0) is 29.0 Å². The van der Waals surface area contributed by atoms with Crippen LogP contribution in [0, 0.1) is 11.8 Å². The van der Waals surface area contributed by atoms with Crippen LogP contribution >= 0.6 is 0 Å². The van der Waals surface area contributed by atoms with Gasteiger partial charge < -0.3 is 25.0 Å². The second kappa shape index (κ2) is 12.0. The number of amides is 2. The van der Waals surface area contributed by atoms with Crippen LogP contribution in [0.15, 0.2) is 48.5 Å². The molecule has 0 bridgehead atoms. The zero-order valence-corrected chi connectivity index (χ0v) is 20.2. The fourth-order valence-electron chi connectivity index (χ4n) is 4.54. The molecule has 0 unspecified atom stereocenters. The van der Waals surface area contributed by atoms with Crippen LogP contribution < -0.4 is 10.1 Å². The molecule has 1 aliphatic heterocycles. The predicted octanol–water partition coefficient (Wildman–Crippen LogP) is 2.37. The Morgan fingerprint density at radius 3 is 2.50 bits per heavy atom. The van der Waals surface area contributed by atoms with Gasteiger partial charge in [0.15, 0.2) is 0 Å². The molecule has 0 spiro atoms. The Morgan fingerprint density at radius 2 is 1.85 bits per heavy atom. The molecule has 2 atom stereocenters. The van der Waals surface area contributed by atoms with E-state index >= 15 is 0 Å². The second-order valence-electron chi connectivity index (χ2n) is 9.41. The number of rotatable bonds is 10. The highest BCUT2D eigenvalue weighted by Crippen LogP contribution is 2.28. The highest BCUT2D eigenvalue weighted by Gasteiger charge is 2.32. The van der Waals surface area contributed by atoms with Gasteiger partial charge in [-0.2, -0.15) is 0 Å². The molecule has 3 rings (SSSR count). The largest absolute Gasteiger partial charge is 0.496 e. The van der Waals surface area contributed by atoms with Gasteiger partial charge in [-0.1, -0.05) is 56.3 Å². The number of hydrogen-bond donors (Lipinski definition) is 3. The van der Waals surface area contributed by atoms with Crippen molar-refractivity contribution in [2.45, 2.75) is 52.0 Å². The lowest BCUT2D eigenvalue weighted by molar-refractivity contribution is -0.137. The SMILES string of the molecule is COc1cccc2c1CCN(C(=O)C[C@@H](Cc1ccccc1)C(=O)N[C@@H](CC(C)C)B(O)O)C2. The first-order valence-corrected chi connectivity index (χ1v) is 11.9. The first-order valence-electron chi connectivity index (χ1n) is 11.9. The first-order chi connectivity index (χ1) is 16.3. The maximum atomic E-state index is 13.3. The van der Waals surface area contributed by atoms with E-state index in [0.717, 1.165) is 22.4 Å². The van der Waals surface area contributed by atoms with Gasteiger partial charge in [-0.15, -0.1) is 0 Å². The minimum atomic E-state index is -1.66. The number of benzene rings is 2. The van der Waals surface area contributed by atoms with E-state index < -0.39 is 19.0 Å². The molecule has 34 heavy (non-hydrogen) atoms. The van der Waals surface area contributed by atoms with Gasteiger partial charge in [-0.3, -0.25) is 9.59 Å². The summed E-state index contributed by atoms with van der Waals surface area (Å²) in [6.07, 6.45) is 1.58. The number of nitrogens with zero attached hydrogens (tertiary/aromatic N) is 1. The molecule has 2 aromatic carbocycles. The maximum Gasteiger partial charge on any atom is 0.475 e. The molecule has 3 N–H and O–H groups in total. The summed E-state index contributed by atoms with van der Waals surface area (Å²) in [7, 11) is -0.0106. The topological polar surface area (TPSA) is 99.1 Å². The molecule has 182 valence electrons. The first kappa shape index (κ1) is 25.8. The molecule has 1 heterocycles. The van der Waals surface area contributed by atoms with Crippen LogP contribution in [0.25, 0.3) is 0 Å². The summed E-state index contributed by atoms with van der Waals surface area (Å²) < 4.78 is 5.46. The molecule has 0 fully saturated rings. The Bertz CT molecular complexity index is 967. The number of carbonyl (C=O) groups excluding carboxylic acids is 2. The van der Waals surface area contributed by atoms with Crippen LogP contribution in [0.4, 0.5) is 0 Å². The normalized spacial score (nSPS) is 14.8. The van der Waals surface area contributed by atoms with Crippen LogP contribution in [0.5, 0.6) is 5.75 Å². The van der Waals surface area contributed by atoms with Crippen LogP contribution in [0.1, 0.15) is 43.4 Å². The quantitative estimate of drug-likeness (QED) is 0.467. The molecule has 8 heteroatoms. The van der Waals surface area contributed by atoms with Crippen molar-refractivity contribution in [1.29, 1.82) is 0 Å². The average Bonchev–Trinajstić information content (AvgIpc) is 2.82. The summed E-state index contributed by atoms with van der Waals surface area (Å²) >= 11 is 0. The molecular formula is C26H35BN2O5. The van der Waals surface area contributed by atoms with Crippen molar-refractivity contribution in [3.8, 4) is 5.75 Å². The van der Waals surface area contributed by atoms with E-state index in [1.165, 1.54) is 0 Å². The minimum absolute atomic E-state index is 0.0515. The lowest BCUT2D eigenvalue weighted by Crippen LogP contribution is -2.50. The molecule has 0 radical (unpaired) electrons. The van der Waals surface area contributed by atoms with Gasteiger partial charge >= 0.3 is 7.12 Å². The molecule has 0 aromatic heterocycles. The molecule has 1 aliphatic rings. The highest BCUT2D eigenvalue weighted by atomic mass is 16.5. The zero-order valence-electron chi connectivity index (χ0n) is 20.2. The van der Waals surface area contributed by atoms with Crippen LogP contribution in [0.3, 0.4) is 0 Å². The van der Waals surface area contributed by atoms with Crippen molar-refractivity contribution in [3.63, 3.8) is 0 Å². The zero-order chi connectivity index (χ0) is 24.7. The Kier molecular flexibility index (Phi) is 9.13. The van der Waals surface area contributed by atoms with Crippen LogP contribution in [-0.4, -0.2) is 53.5 Å². The number of methoxy groups -OCH3 is 1. The number of nitrogens with one attached hydrogen (secondary N) is 1. The fraction of sp³-hybridized carbons (Fsp3) is 0.462. The van der Waals surface area contributed by atoms with Gasteiger partial charge in [0.2, 0.25) is 11.8 Å². The van der Waals surface area contributed by atoms with Crippen molar-refractivity contribution in [2.75, 3.05) is 13.7 Å². The Hall–Kier alpha value is -2.84. The average molecular weight is 466 g/mol. The summed E-state index contributed by atoms with van der Waals surface area (Å²) in [5.41, 5.74) is 3.14. The summed E-state index contributed by atoms with van der Waals surface area (Å²) in [5.74, 6) is -0.814. The Balaban J connectivity index is 1.74. The van der Waals surface area contributed by atoms with Crippen molar-refractivity contribution < 1.29 is 24.4 Å². The smallest absolute Gasteiger partial charge is 0.475 e. The molecular weight excluding hydrogens is 431 g/mol. The van der Waals surface area contributed by atoms with Crippen LogP contribution in [0.2, 0.25) is 0 Å². The van der Waals surface area contributed by atoms with E-state index in [4.69, 9.17) is 4.74 Å². The summed E-state index contributed by atoms with van der Waals surface area (Å²) in [6, 6.07) is 15.4. The maximum absolute atomic E-state index is 13.3. The lowest BCUT2D eigenvalue weighted by Gasteiger charge is -2.31. The Morgan fingerprint density at radius 1 is 1.12 bits per heavy atom. The number of carbonyl (C=O) groups is 2. The van der Waals surface area contributed by atoms with Crippen molar-refractivity contribution in [1.82, 2.24) is 10.2 Å². The van der Waals surface area contributed by atoms with E-state index in [0.29, 0.717) is 32.4 Å². The number of ether oxygens (including phenoxy) is 1. The van der Waals surface area contributed by atoms with E-state index in [1.54, 1.807) is 12.0 Å². The van der Waals surface area contributed by atoms with Gasteiger partial charge in [0.25, 0.3) is 0 Å². The third kappa shape index (κ3) is 6.84. The molecule has 0 saturated heterocycles. The van der Waals surface area contributed by atoms with Gasteiger partial charge in [0, 0.05) is 25.1 Å². The molecule has 2 aromatic rings. The highest BCUT2D eigenvalue weighted by molar-refractivity contribution is 6.43. The predicted molar refractivity (Wildman–Crippen MR) is 132 cm³/mol. The minimum Gasteiger partial charge on any atom is -0.496 e. The van der Waals surface area contributed by atoms with Gasteiger partial charge in [-0.05, 0) is 42.4 Å². The third-order valence-corrected chi connectivity index (χ3v) is 6.33. The third-order valence-electron chi connectivity index (χ3n) is 6.33. The van der Waals surface area contributed by atoms with E-state index in [2.05, 4.69) is 5.32 Å². The monoisotopic (exact) mass is 466 g/mol. The summed E-state index contributed by atoms with van der Waals surface area (Å²) in [5, 5.41) is 22.3. The summed E-state index contributed by atoms with van der Waals surface area (Å²) in [6.45, 7) is 4.96. The molecule has 0 saturated carbocycles. The van der Waals surface area contributed by atoms with Gasteiger partial charge in [-0.25, -0.2) is 0 Å². The fourth-order valence-corrected chi connectivity index (χ4v) is 4.54. The Labute approximate surface area is 202 Å². The van der Waals surface area contributed by atoms with E-state index in [9.17, 15) is 19.6 Å². The molecule has 2 amide bonds. The van der Waals surface area contributed by atoms with Crippen molar-refractivity contribution >= 4 is 18.9 Å². The molecule has 0 aliphatic carbocycles. The number of hydrogen-bond acceptors (Lipinski definition) is 5. The van der Waals surface area contributed by atoms with Gasteiger partial charge in [0.05, 0.1) is 19.0 Å². The van der Waals surface area contributed by atoms with E-state index in [1.807, 2.05) is 62.4 Å². The van der Waals surface area contributed by atoms with Gasteiger partial charge in [0.1, 0.15) is 5.75 Å². The van der Waals surface area contributed by atoms with Crippen molar-refractivity contribution in [2.24, 2.45) is 11.8 Å². The second-order valence-corrected chi connectivity index (χ2v) is 9.41. The summed E-state index contributed by atoms with van der Waals surface area (Å²) in [4.78, 5) is 28.3. The molecule has 7 nitrogen and oxygen atoms in total.